The van der Waals surface area contributed by atoms with Crippen molar-refractivity contribution in [2.75, 3.05) is 18.5 Å². The highest BCUT2D eigenvalue weighted by Crippen LogP contribution is 2.14. The number of halogens is 1. The van der Waals surface area contributed by atoms with Gasteiger partial charge < -0.3 is 10.5 Å². The molecule has 2 heterocycles. The molecule has 0 fully saturated rings. The number of benzene rings is 1. The van der Waals surface area contributed by atoms with Crippen LogP contribution in [0.25, 0.3) is 5.69 Å². The third-order valence-corrected chi connectivity index (χ3v) is 4.03. The van der Waals surface area contributed by atoms with E-state index in [1.807, 2.05) is 6.07 Å². The van der Waals surface area contributed by atoms with Gasteiger partial charge in [-0.05, 0) is 17.7 Å². The maximum absolute atomic E-state index is 13.1. The molecule has 0 radical (unpaired) electrons. The summed E-state index contributed by atoms with van der Waals surface area (Å²) in [6.45, 7) is -0.632. The van der Waals surface area contributed by atoms with E-state index in [1.165, 1.54) is 6.07 Å². The van der Waals surface area contributed by atoms with Crippen molar-refractivity contribution in [1.29, 1.82) is 0 Å². The molecule has 9 nitrogen and oxygen atoms in total. The molecule has 1 atom stereocenters. The van der Waals surface area contributed by atoms with Crippen LogP contribution in [0.2, 0.25) is 0 Å². The van der Waals surface area contributed by atoms with Crippen LogP contribution in [0.5, 0.6) is 0 Å². The number of nitrogens with two attached hydrogens (primary N) is 1. The lowest BCUT2D eigenvalue weighted by Crippen LogP contribution is -2.25. The number of aryl methyl sites for hydroxylation is 1. The number of alkyl halides is 1. The van der Waals surface area contributed by atoms with Crippen LogP contribution in [-0.2, 0) is 18.2 Å². The van der Waals surface area contributed by atoms with Gasteiger partial charge in [-0.25, -0.2) is 13.9 Å². The monoisotopic (exact) mass is 400 g/mol. The Labute approximate surface area is 165 Å². The Morgan fingerprint density at radius 3 is 2.93 bits per heavy atom. The number of nitrogens with zero attached hydrogens (tertiary/aromatic N) is 4. The van der Waals surface area contributed by atoms with Crippen LogP contribution < -0.4 is 16.5 Å². The van der Waals surface area contributed by atoms with Crippen molar-refractivity contribution in [3.05, 3.63) is 70.4 Å². The number of ether oxygens (including phenoxy) is 1. The predicted octanol–water partition coefficient (Wildman–Crippen LogP) is 1.40. The Morgan fingerprint density at radius 1 is 1.38 bits per heavy atom. The van der Waals surface area contributed by atoms with E-state index in [2.05, 4.69) is 15.5 Å². The summed E-state index contributed by atoms with van der Waals surface area (Å²) >= 11 is 0. The van der Waals surface area contributed by atoms with Gasteiger partial charge in [-0.3, -0.25) is 14.8 Å². The zero-order chi connectivity index (χ0) is 20.8. The number of carbonyl (C=O) groups excluding carboxylic acids is 1. The molecular weight excluding hydrogens is 379 g/mol. The topological polar surface area (TPSA) is 117 Å². The van der Waals surface area contributed by atoms with Crippen LogP contribution in [-0.4, -0.2) is 45.0 Å². The van der Waals surface area contributed by atoms with Gasteiger partial charge in [-0.2, -0.15) is 10.2 Å². The normalized spacial score (nSPS) is 11.8. The molecule has 0 aliphatic carbocycles. The summed E-state index contributed by atoms with van der Waals surface area (Å²) in [5, 5.41) is 11.0. The number of rotatable bonds is 7. The highest BCUT2D eigenvalue weighted by molar-refractivity contribution is 5.84. The SMILES string of the molecule is Cn1cc(-n2ccc(=O)c(Cc3cccc(NC(=O)OCC(F)CN)c3)n2)cn1. The standard InChI is InChI=1S/C19H21FN6O3/c1-25-11-16(10-22-25)26-6-5-18(27)17(24-26)8-13-3-2-4-15(7-13)23-19(28)29-12-14(20)9-21/h2-7,10-11,14H,8-9,12,21H2,1H3,(H,23,28). The highest BCUT2D eigenvalue weighted by Gasteiger charge is 2.10. The van der Waals surface area contributed by atoms with E-state index in [4.69, 9.17) is 10.5 Å². The van der Waals surface area contributed by atoms with E-state index < -0.39 is 18.9 Å². The lowest BCUT2D eigenvalue weighted by Gasteiger charge is -2.10. The molecule has 1 aromatic carbocycles. The molecule has 0 bridgehead atoms. The maximum atomic E-state index is 13.1. The summed E-state index contributed by atoms with van der Waals surface area (Å²) in [5.74, 6) is 0. The average Bonchev–Trinajstić information content (AvgIpc) is 3.14. The second-order valence-electron chi connectivity index (χ2n) is 6.38. The first-order valence-corrected chi connectivity index (χ1v) is 8.89. The quantitative estimate of drug-likeness (QED) is 0.619. The molecule has 0 saturated heterocycles. The van der Waals surface area contributed by atoms with Crippen molar-refractivity contribution in [1.82, 2.24) is 19.6 Å². The lowest BCUT2D eigenvalue weighted by molar-refractivity contribution is 0.126. The van der Waals surface area contributed by atoms with Gasteiger partial charge in [0.05, 0.1) is 12.4 Å². The Hall–Kier alpha value is -3.53. The zero-order valence-electron chi connectivity index (χ0n) is 15.8. The molecule has 3 aromatic rings. The molecule has 0 spiro atoms. The first kappa shape index (κ1) is 20.2. The van der Waals surface area contributed by atoms with Gasteiger partial charge in [-0.15, -0.1) is 0 Å². The van der Waals surface area contributed by atoms with Crippen molar-refractivity contribution in [3.8, 4) is 5.69 Å². The number of hydrogen-bond acceptors (Lipinski definition) is 6. The van der Waals surface area contributed by atoms with Crippen LogP contribution >= 0.6 is 0 Å². The third-order valence-electron chi connectivity index (χ3n) is 4.03. The average molecular weight is 400 g/mol. The Kier molecular flexibility index (Phi) is 6.35. The van der Waals surface area contributed by atoms with Crippen LogP contribution in [0, 0.1) is 0 Å². The number of aromatic nitrogens is 4. The van der Waals surface area contributed by atoms with Gasteiger partial charge in [0.25, 0.3) is 0 Å². The van der Waals surface area contributed by atoms with E-state index in [9.17, 15) is 14.0 Å². The van der Waals surface area contributed by atoms with Crippen molar-refractivity contribution in [2.45, 2.75) is 12.6 Å². The minimum Gasteiger partial charge on any atom is -0.446 e. The van der Waals surface area contributed by atoms with Crippen molar-refractivity contribution in [3.63, 3.8) is 0 Å². The molecule has 0 saturated carbocycles. The summed E-state index contributed by atoms with van der Waals surface area (Å²) in [4.78, 5) is 24.0. The van der Waals surface area contributed by atoms with E-state index in [0.29, 0.717) is 11.4 Å². The van der Waals surface area contributed by atoms with E-state index >= 15 is 0 Å². The van der Waals surface area contributed by atoms with E-state index in [-0.39, 0.29) is 18.4 Å². The molecule has 2 aromatic heterocycles. The number of hydrogen-bond donors (Lipinski definition) is 2. The first-order valence-electron chi connectivity index (χ1n) is 8.89. The molecule has 0 aliphatic rings. The molecule has 29 heavy (non-hydrogen) atoms. The van der Waals surface area contributed by atoms with Gasteiger partial charge in [0.1, 0.15) is 24.2 Å². The number of carbonyl (C=O) groups is 1. The van der Waals surface area contributed by atoms with Crippen LogP contribution in [0.3, 0.4) is 0 Å². The minimum atomic E-state index is -1.40. The molecule has 0 aliphatic heterocycles. The summed E-state index contributed by atoms with van der Waals surface area (Å²) in [6.07, 6.45) is 3.09. The Morgan fingerprint density at radius 2 is 2.21 bits per heavy atom. The molecule has 1 amide bonds. The lowest BCUT2D eigenvalue weighted by atomic mass is 10.1. The molecule has 10 heteroatoms. The first-order chi connectivity index (χ1) is 13.9. The van der Waals surface area contributed by atoms with Gasteiger partial charge in [0.2, 0.25) is 5.43 Å². The smallest absolute Gasteiger partial charge is 0.411 e. The summed E-state index contributed by atoms with van der Waals surface area (Å²) in [7, 11) is 1.79. The molecule has 1 unspecified atom stereocenters. The molecular formula is C19H21FN6O3. The zero-order valence-corrected chi connectivity index (χ0v) is 15.8. The van der Waals surface area contributed by atoms with Crippen LogP contribution in [0.15, 0.2) is 53.7 Å². The van der Waals surface area contributed by atoms with Gasteiger partial charge in [0, 0.05) is 38.0 Å². The second kappa shape index (κ2) is 9.11. The Bertz CT molecular complexity index is 1050. The van der Waals surface area contributed by atoms with Crippen molar-refractivity contribution < 1.29 is 13.9 Å². The van der Waals surface area contributed by atoms with Crippen LogP contribution in [0.4, 0.5) is 14.9 Å². The fraction of sp³-hybridized carbons (Fsp3) is 0.263. The summed E-state index contributed by atoms with van der Waals surface area (Å²) in [5.41, 5.74) is 7.25. The highest BCUT2D eigenvalue weighted by atomic mass is 19.1. The van der Waals surface area contributed by atoms with Crippen molar-refractivity contribution in [2.24, 2.45) is 12.8 Å². The fourth-order valence-corrected chi connectivity index (χ4v) is 2.58. The van der Waals surface area contributed by atoms with Crippen LogP contribution in [0.1, 0.15) is 11.3 Å². The predicted molar refractivity (Wildman–Crippen MR) is 105 cm³/mol. The fourth-order valence-electron chi connectivity index (χ4n) is 2.58. The van der Waals surface area contributed by atoms with Crippen molar-refractivity contribution >= 4 is 11.8 Å². The Balaban J connectivity index is 1.72. The maximum Gasteiger partial charge on any atom is 0.411 e. The summed E-state index contributed by atoms with van der Waals surface area (Å²) in [6, 6.07) is 8.34. The molecule has 3 rings (SSSR count). The largest absolute Gasteiger partial charge is 0.446 e. The van der Waals surface area contributed by atoms with Gasteiger partial charge in [0.15, 0.2) is 0 Å². The van der Waals surface area contributed by atoms with E-state index in [1.54, 1.807) is 53.2 Å². The second-order valence-corrected chi connectivity index (χ2v) is 6.38. The van der Waals surface area contributed by atoms with Gasteiger partial charge in [-0.1, -0.05) is 12.1 Å². The number of amides is 1. The van der Waals surface area contributed by atoms with Gasteiger partial charge >= 0.3 is 6.09 Å². The molecule has 3 N–H and O–H groups in total. The number of anilines is 1. The summed E-state index contributed by atoms with van der Waals surface area (Å²) < 4.78 is 21.0. The van der Waals surface area contributed by atoms with E-state index in [0.717, 1.165) is 11.3 Å². The number of nitrogens with one attached hydrogen (secondary N) is 1. The molecule has 152 valence electrons. The third kappa shape index (κ3) is 5.48. The minimum absolute atomic E-state index is 0.196.